The van der Waals surface area contributed by atoms with E-state index in [2.05, 4.69) is 5.38 Å². The van der Waals surface area contributed by atoms with Crippen LogP contribution in [0.25, 0.3) is 0 Å². The van der Waals surface area contributed by atoms with Crippen molar-refractivity contribution in [3.63, 3.8) is 0 Å². The summed E-state index contributed by atoms with van der Waals surface area (Å²) in [4.78, 5) is 0. The zero-order valence-corrected chi connectivity index (χ0v) is 10.3. The Morgan fingerprint density at radius 1 is 1.07 bits per heavy atom. The SMILES string of the molecule is Cl.N[C@H](c1ccc(Cl)cc1)c1ccsc1. The molecule has 1 aromatic heterocycles. The van der Waals surface area contributed by atoms with E-state index in [4.69, 9.17) is 17.3 Å². The van der Waals surface area contributed by atoms with Crippen LogP contribution in [0, 0.1) is 0 Å². The fourth-order valence-corrected chi connectivity index (χ4v) is 2.14. The minimum atomic E-state index is -0.0430. The van der Waals surface area contributed by atoms with E-state index < -0.39 is 0 Å². The summed E-state index contributed by atoms with van der Waals surface area (Å²) in [6, 6.07) is 9.66. The van der Waals surface area contributed by atoms with Gasteiger partial charge in [-0.05, 0) is 40.1 Å². The number of hydrogen-bond acceptors (Lipinski definition) is 2. The predicted molar refractivity (Wildman–Crippen MR) is 69.0 cm³/mol. The van der Waals surface area contributed by atoms with Crippen LogP contribution in [0.4, 0.5) is 0 Å². The molecule has 0 saturated heterocycles. The molecule has 1 aromatic carbocycles. The van der Waals surface area contributed by atoms with Gasteiger partial charge in [0.25, 0.3) is 0 Å². The standard InChI is InChI=1S/C11H10ClNS.ClH/c12-10-3-1-8(2-4-10)11(13)9-5-6-14-7-9;/h1-7,11H,13H2;1H/t11-;/m1./s1. The van der Waals surface area contributed by atoms with Crippen LogP contribution in [0.5, 0.6) is 0 Å². The van der Waals surface area contributed by atoms with Crippen LogP contribution in [-0.4, -0.2) is 0 Å². The van der Waals surface area contributed by atoms with Crippen molar-refractivity contribution in [3.8, 4) is 0 Å². The lowest BCUT2D eigenvalue weighted by molar-refractivity contribution is 0.877. The third-order valence-corrected chi connectivity index (χ3v) is 3.08. The van der Waals surface area contributed by atoms with Gasteiger partial charge in [0.1, 0.15) is 0 Å². The van der Waals surface area contributed by atoms with Crippen LogP contribution < -0.4 is 5.73 Å². The van der Waals surface area contributed by atoms with E-state index in [9.17, 15) is 0 Å². The molecule has 0 fully saturated rings. The fraction of sp³-hybridized carbons (Fsp3) is 0.0909. The Bertz CT molecular complexity index is 397. The summed E-state index contributed by atoms with van der Waals surface area (Å²) in [5.74, 6) is 0. The summed E-state index contributed by atoms with van der Waals surface area (Å²) in [5.41, 5.74) is 8.32. The molecule has 4 heteroatoms. The van der Waals surface area contributed by atoms with Gasteiger partial charge in [-0.1, -0.05) is 23.7 Å². The minimum absolute atomic E-state index is 0. The first-order valence-corrected chi connectivity index (χ1v) is 5.62. The summed E-state index contributed by atoms with van der Waals surface area (Å²) in [6.07, 6.45) is 0. The second-order valence-electron chi connectivity index (χ2n) is 3.09. The van der Waals surface area contributed by atoms with Crippen molar-refractivity contribution in [2.75, 3.05) is 0 Å². The number of hydrogen-bond donors (Lipinski definition) is 1. The van der Waals surface area contributed by atoms with Crippen LogP contribution >= 0.6 is 35.3 Å². The molecular weight excluding hydrogens is 249 g/mol. The second-order valence-corrected chi connectivity index (χ2v) is 4.30. The normalized spacial score (nSPS) is 11.9. The van der Waals surface area contributed by atoms with Gasteiger partial charge in [-0.25, -0.2) is 0 Å². The quantitative estimate of drug-likeness (QED) is 0.871. The molecule has 1 nitrogen and oxygen atoms in total. The van der Waals surface area contributed by atoms with Crippen molar-refractivity contribution in [1.82, 2.24) is 0 Å². The van der Waals surface area contributed by atoms with E-state index in [1.165, 1.54) is 0 Å². The van der Waals surface area contributed by atoms with Crippen LogP contribution in [0.1, 0.15) is 17.2 Å². The molecule has 1 heterocycles. The van der Waals surface area contributed by atoms with Crippen molar-refractivity contribution in [2.24, 2.45) is 5.73 Å². The first-order chi connectivity index (χ1) is 6.77. The van der Waals surface area contributed by atoms with E-state index in [0.29, 0.717) is 0 Å². The van der Waals surface area contributed by atoms with Gasteiger partial charge in [0, 0.05) is 5.02 Å². The van der Waals surface area contributed by atoms with Gasteiger partial charge in [-0.15, -0.1) is 12.4 Å². The van der Waals surface area contributed by atoms with Crippen LogP contribution in [0.3, 0.4) is 0 Å². The third kappa shape index (κ3) is 2.95. The summed E-state index contributed by atoms with van der Waals surface area (Å²) >= 11 is 7.46. The average molecular weight is 260 g/mol. The molecule has 1 atom stereocenters. The molecule has 0 saturated carbocycles. The molecule has 2 rings (SSSR count). The van der Waals surface area contributed by atoms with Crippen LogP contribution in [0.2, 0.25) is 5.02 Å². The van der Waals surface area contributed by atoms with E-state index in [-0.39, 0.29) is 18.4 Å². The summed E-state index contributed by atoms with van der Waals surface area (Å²) in [6.45, 7) is 0. The Balaban J connectivity index is 0.00000112. The Morgan fingerprint density at radius 3 is 2.27 bits per heavy atom. The van der Waals surface area contributed by atoms with Gasteiger partial charge < -0.3 is 5.73 Å². The highest BCUT2D eigenvalue weighted by Gasteiger charge is 2.08. The van der Waals surface area contributed by atoms with Gasteiger partial charge in [-0.2, -0.15) is 11.3 Å². The maximum absolute atomic E-state index is 6.07. The Hall–Kier alpha value is -0.540. The molecule has 2 aromatic rings. The molecule has 0 bridgehead atoms. The molecule has 0 aliphatic carbocycles. The molecule has 2 N–H and O–H groups in total. The summed E-state index contributed by atoms with van der Waals surface area (Å²) in [7, 11) is 0. The van der Waals surface area contributed by atoms with E-state index in [1.807, 2.05) is 35.7 Å². The summed E-state index contributed by atoms with van der Waals surface area (Å²) in [5, 5.41) is 4.84. The van der Waals surface area contributed by atoms with Crippen molar-refractivity contribution < 1.29 is 0 Å². The number of nitrogens with two attached hydrogens (primary N) is 1. The molecule has 0 aliphatic heterocycles. The van der Waals surface area contributed by atoms with E-state index >= 15 is 0 Å². The largest absolute Gasteiger partial charge is 0.320 e. The number of rotatable bonds is 2. The lowest BCUT2D eigenvalue weighted by Gasteiger charge is -2.09. The molecule has 15 heavy (non-hydrogen) atoms. The van der Waals surface area contributed by atoms with Crippen LogP contribution in [-0.2, 0) is 0 Å². The van der Waals surface area contributed by atoms with E-state index in [0.717, 1.165) is 16.1 Å². The Morgan fingerprint density at radius 2 is 1.73 bits per heavy atom. The monoisotopic (exact) mass is 259 g/mol. The molecule has 0 spiro atoms. The third-order valence-electron chi connectivity index (χ3n) is 2.13. The second kappa shape index (κ2) is 5.52. The Kier molecular flexibility index (Phi) is 4.61. The van der Waals surface area contributed by atoms with Gasteiger partial charge >= 0.3 is 0 Å². The molecule has 80 valence electrons. The first kappa shape index (κ1) is 12.5. The van der Waals surface area contributed by atoms with Crippen molar-refractivity contribution in [3.05, 3.63) is 57.2 Å². The topological polar surface area (TPSA) is 26.0 Å². The highest BCUT2D eigenvalue weighted by Crippen LogP contribution is 2.22. The van der Waals surface area contributed by atoms with Gasteiger partial charge in [-0.3, -0.25) is 0 Å². The minimum Gasteiger partial charge on any atom is -0.320 e. The van der Waals surface area contributed by atoms with Crippen LogP contribution in [0.15, 0.2) is 41.1 Å². The Labute approximate surface area is 104 Å². The number of thiophene rings is 1. The highest BCUT2D eigenvalue weighted by atomic mass is 35.5. The molecule has 0 aliphatic rings. The zero-order chi connectivity index (χ0) is 9.97. The average Bonchev–Trinajstić information content (AvgIpc) is 2.71. The highest BCUT2D eigenvalue weighted by molar-refractivity contribution is 7.08. The molecule has 0 unspecified atom stereocenters. The number of benzene rings is 1. The van der Waals surface area contributed by atoms with Gasteiger partial charge in [0.2, 0.25) is 0 Å². The maximum atomic E-state index is 6.07. The molecule has 0 radical (unpaired) electrons. The fourth-order valence-electron chi connectivity index (χ4n) is 1.31. The van der Waals surface area contributed by atoms with Crippen molar-refractivity contribution in [1.29, 1.82) is 0 Å². The van der Waals surface area contributed by atoms with Gasteiger partial charge in [0.05, 0.1) is 6.04 Å². The van der Waals surface area contributed by atoms with Gasteiger partial charge in [0.15, 0.2) is 0 Å². The number of halogens is 2. The smallest absolute Gasteiger partial charge is 0.0559 e. The van der Waals surface area contributed by atoms with Crippen molar-refractivity contribution >= 4 is 35.3 Å². The lowest BCUT2D eigenvalue weighted by Crippen LogP contribution is -2.10. The van der Waals surface area contributed by atoms with E-state index in [1.54, 1.807) is 11.3 Å². The molecule has 0 amide bonds. The molecular formula is C11H11Cl2NS. The predicted octanol–water partition coefficient (Wildman–Crippen LogP) is 3.87. The first-order valence-electron chi connectivity index (χ1n) is 4.30. The lowest BCUT2D eigenvalue weighted by atomic mass is 10.0. The van der Waals surface area contributed by atoms with Crippen molar-refractivity contribution in [2.45, 2.75) is 6.04 Å². The maximum Gasteiger partial charge on any atom is 0.0559 e. The summed E-state index contributed by atoms with van der Waals surface area (Å²) < 4.78 is 0. The zero-order valence-electron chi connectivity index (χ0n) is 7.89.